The van der Waals surface area contributed by atoms with Crippen molar-refractivity contribution in [2.45, 2.75) is 6.42 Å². The average molecular weight is 180 g/mol. The van der Waals surface area contributed by atoms with Gasteiger partial charge in [0.15, 0.2) is 0 Å². The van der Waals surface area contributed by atoms with Crippen molar-refractivity contribution in [3.63, 3.8) is 0 Å². The van der Waals surface area contributed by atoms with Gasteiger partial charge in [0.05, 0.1) is 18.7 Å². The van der Waals surface area contributed by atoms with E-state index in [9.17, 15) is 4.79 Å². The lowest BCUT2D eigenvalue weighted by atomic mass is 10.3. The van der Waals surface area contributed by atoms with E-state index in [0.717, 1.165) is 5.69 Å². The third kappa shape index (κ3) is 4.12. The Bertz CT molecular complexity index is 261. The van der Waals surface area contributed by atoms with Crippen molar-refractivity contribution in [3.8, 4) is 0 Å². The summed E-state index contributed by atoms with van der Waals surface area (Å²) in [4.78, 5) is 15.0. The molecule has 0 aliphatic rings. The fourth-order valence-corrected chi connectivity index (χ4v) is 0.730. The third-order valence-corrected chi connectivity index (χ3v) is 1.32. The Morgan fingerprint density at radius 2 is 2.54 bits per heavy atom. The maximum absolute atomic E-state index is 10.1. The zero-order valence-corrected chi connectivity index (χ0v) is 6.99. The Kier molecular flexibility index (Phi) is 3.78. The van der Waals surface area contributed by atoms with Crippen LogP contribution < -0.4 is 5.48 Å². The van der Waals surface area contributed by atoms with Crippen LogP contribution in [0.2, 0.25) is 0 Å². The Hall–Kier alpha value is -1.55. The molecule has 0 atom stereocenters. The number of anilines is 1. The molecule has 1 aromatic carbocycles. The van der Waals surface area contributed by atoms with Gasteiger partial charge < -0.3 is 5.11 Å². The first-order chi connectivity index (χ1) is 6.29. The standard InChI is InChI=1S/C9H10NO3/c11-9(12)6-7-13-10-8-4-2-1-3-5-8/h1-2,4-5,10H,6-7H2,(H,11,12). The van der Waals surface area contributed by atoms with E-state index >= 15 is 0 Å². The summed E-state index contributed by atoms with van der Waals surface area (Å²) in [5, 5.41) is 8.30. The Labute approximate surface area is 76.1 Å². The van der Waals surface area contributed by atoms with Crippen LogP contribution in [0.15, 0.2) is 24.3 Å². The summed E-state index contributed by atoms with van der Waals surface area (Å²) in [6, 6.07) is 9.94. The number of hydrogen-bond acceptors (Lipinski definition) is 3. The van der Waals surface area contributed by atoms with Crippen molar-refractivity contribution in [2.24, 2.45) is 0 Å². The second kappa shape index (κ2) is 5.16. The zero-order chi connectivity index (χ0) is 9.52. The number of rotatable bonds is 5. The van der Waals surface area contributed by atoms with Crippen LogP contribution in [-0.2, 0) is 9.63 Å². The first-order valence-electron chi connectivity index (χ1n) is 3.85. The Balaban J connectivity index is 2.17. The number of hydrogen-bond donors (Lipinski definition) is 2. The van der Waals surface area contributed by atoms with E-state index in [1.165, 1.54) is 0 Å². The summed E-state index contributed by atoms with van der Waals surface area (Å²) in [7, 11) is 0. The van der Waals surface area contributed by atoms with E-state index < -0.39 is 5.97 Å². The molecule has 0 saturated heterocycles. The van der Waals surface area contributed by atoms with E-state index in [2.05, 4.69) is 11.5 Å². The fourth-order valence-electron chi connectivity index (χ4n) is 0.730. The second-order valence-corrected chi connectivity index (χ2v) is 2.39. The molecule has 0 aliphatic carbocycles. The largest absolute Gasteiger partial charge is 0.481 e. The summed E-state index contributed by atoms with van der Waals surface area (Å²) >= 11 is 0. The van der Waals surface area contributed by atoms with Gasteiger partial charge in [-0.25, -0.2) is 0 Å². The van der Waals surface area contributed by atoms with E-state index in [1.54, 1.807) is 18.2 Å². The van der Waals surface area contributed by atoms with Crippen molar-refractivity contribution < 1.29 is 14.7 Å². The molecule has 1 rings (SSSR count). The molecule has 0 bridgehead atoms. The van der Waals surface area contributed by atoms with Gasteiger partial charge in [0.25, 0.3) is 0 Å². The van der Waals surface area contributed by atoms with Crippen molar-refractivity contribution in [1.82, 2.24) is 0 Å². The lowest BCUT2D eigenvalue weighted by molar-refractivity contribution is -0.137. The highest BCUT2D eigenvalue weighted by Crippen LogP contribution is 2.03. The van der Waals surface area contributed by atoms with E-state index in [0.29, 0.717) is 0 Å². The number of nitrogens with one attached hydrogen (secondary N) is 1. The van der Waals surface area contributed by atoms with Crippen LogP contribution >= 0.6 is 0 Å². The minimum absolute atomic E-state index is 0.0104. The third-order valence-electron chi connectivity index (χ3n) is 1.32. The summed E-state index contributed by atoms with van der Waals surface area (Å²) < 4.78 is 0. The molecule has 1 aromatic rings. The summed E-state index contributed by atoms with van der Waals surface area (Å²) in [5.41, 5.74) is 3.36. The molecular weight excluding hydrogens is 170 g/mol. The van der Waals surface area contributed by atoms with Crippen LogP contribution in [0.3, 0.4) is 0 Å². The molecule has 0 spiro atoms. The topological polar surface area (TPSA) is 58.6 Å². The summed E-state index contributed by atoms with van der Waals surface area (Å²) in [6.07, 6.45) is -0.0104. The van der Waals surface area contributed by atoms with E-state index in [4.69, 9.17) is 9.94 Å². The quantitative estimate of drug-likeness (QED) is 0.529. The van der Waals surface area contributed by atoms with Crippen molar-refractivity contribution in [2.75, 3.05) is 12.1 Å². The van der Waals surface area contributed by atoms with Gasteiger partial charge in [-0.05, 0) is 18.2 Å². The molecule has 0 fully saturated rings. The summed E-state index contributed by atoms with van der Waals surface area (Å²) in [5.74, 6) is -0.874. The minimum Gasteiger partial charge on any atom is -0.481 e. The highest BCUT2D eigenvalue weighted by Gasteiger charge is 1.95. The fraction of sp³-hybridized carbons (Fsp3) is 0.222. The molecule has 69 valence electrons. The molecule has 1 radical (unpaired) electrons. The van der Waals surface area contributed by atoms with Gasteiger partial charge in [0.1, 0.15) is 0 Å². The van der Waals surface area contributed by atoms with Gasteiger partial charge in [0.2, 0.25) is 0 Å². The Morgan fingerprint density at radius 1 is 1.69 bits per heavy atom. The van der Waals surface area contributed by atoms with Crippen molar-refractivity contribution in [3.05, 3.63) is 30.3 Å². The average Bonchev–Trinajstić information content (AvgIpc) is 2.14. The van der Waals surface area contributed by atoms with Crippen LogP contribution in [0, 0.1) is 6.07 Å². The first-order valence-corrected chi connectivity index (χ1v) is 3.85. The van der Waals surface area contributed by atoms with E-state index in [-0.39, 0.29) is 13.0 Å². The predicted octanol–water partition coefficient (Wildman–Crippen LogP) is 1.30. The van der Waals surface area contributed by atoms with Gasteiger partial charge in [-0.15, -0.1) is 0 Å². The maximum atomic E-state index is 10.1. The molecule has 13 heavy (non-hydrogen) atoms. The molecule has 0 aromatic heterocycles. The molecule has 0 amide bonds. The number of benzene rings is 1. The second-order valence-electron chi connectivity index (χ2n) is 2.39. The number of carboxylic acids is 1. The first kappa shape index (κ1) is 9.54. The van der Waals surface area contributed by atoms with Gasteiger partial charge >= 0.3 is 5.97 Å². The molecule has 0 saturated carbocycles. The van der Waals surface area contributed by atoms with Gasteiger partial charge in [-0.3, -0.25) is 15.1 Å². The SMILES string of the molecule is O=C(O)CCONc1c[c]ccc1. The molecule has 2 N–H and O–H groups in total. The molecule has 4 nitrogen and oxygen atoms in total. The minimum atomic E-state index is -0.874. The highest BCUT2D eigenvalue weighted by molar-refractivity contribution is 5.66. The van der Waals surface area contributed by atoms with Crippen molar-refractivity contribution in [1.29, 1.82) is 0 Å². The normalized spacial score (nSPS) is 9.54. The monoisotopic (exact) mass is 180 g/mol. The van der Waals surface area contributed by atoms with Crippen LogP contribution in [-0.4, -0.2) is 17.7 Å². The molecule has 4 heteroatoms. The van der Waals surface area contributed by atoms with Crippen LogP contribution in [0.5, 0.6) is 0 Å². The zero-order valence-electron chi connectivity index (χ0n) is 6.99. The van der Waals surface area contributed by atoms with Crippen LogP contribution in [0.4, 0.5) is 5.69 Å². The maximum Gasteiger partial charge on any atom is 0.305 e. The molecule has 0 aliphatic heterocycles. The number of aliphatic carboxylic acids is 1. The smallest absolute Gasteiger partial charge is 0.305 e. The van der Waals surface area contributed by atoms with Crippen molar-refractivity contribution >= 4 is 11.7 Å². The number of carbonyl (C=O) groups is 1. The van der Waals surface area contributed by atoms with Gasteiger partial charge in [0, 0.05) is 0 Å². The Morgan fingerprint density at radius 3 is 3.15 bits per heavy atom. The highest BCUT2D eigenvalue weighted by atomic mass is 16.6. The predicted molar refractivity (Wildman–Crippen MR) is 47.1 cm³/mol. The molecule has 0 heterocycles. The molecule has 0 unspecified atom stereocenters. The van der Waals surface area contributed by atoms with Crippen LogP contribution in [0.1, 0.15) is 6.42 Å². The lowest BCUT2D eigenvalue weighted by Gasteiger charge is -2.04. The number of carboxylic acid groups (broad SMARTS) is 1. The van der Waals surface area contributed by atoms with E-state index in [1.807, 2.05) is 6.07 Å². The molecular formula is C9H10NO3. The lowest BCUT2D eigenvalue weighted by Crippen LogP contribution is -2.07. The summed E-state index contributed by atoms with van der Waals surface area (Å²) in [6.45, 7) is 0.143. The van der Waals surface area contributed by atoms with Crippen LogP contribution in [0.25, 0.3) is 0 Å². The van der Waals surface area contributed by atoms with Gasteiger partial charge in [-0.2, -0.15) is 0 Å². The van der Waals surface area contributed by atoms with Gasteiger partial charge in [-0.1, -0.05) is 12.1 Å².